The third-order valence-corrected chi connectivity index (χ3v) is 5.51. The first kappa shape index (κ1) is 15.3. The number of hydrogen-bond donors (Lipinski definition) is 0. The molecule has 124 valence electrons. The van der Waals surface area contributed by atoms with Gasteiger partial charge in [-0.3, -0.25) is 4.79 Å². The van der Waals surface area contributed by atoms with Crippen molar-refractivity contribution in [2.75, 3.05) is 31.1 Å². The monoisotopic (exact) mass is 320 g/mol. The Balaban J connectivity index is 1.45. The van der Waals surface area contributed by atoms with Gasteiger partial charge < -0.3 is 9.80 Å². The lowest BCUT2D eigenvalue weighted by Crippen LogP contribution is -2.51. The fourth-order valence-corrected chi connectivity index (χ4v) is 3.88. The van der Waals surface area contributed by atoms with Crippen LogP contribution in [0.15, 0.2) is 54.6 Å². The van der Waals surface area contributed by atoms with Gasteiger partial charge in [0.2, 0.25) is 5.91 Å². The van der Waals surface area contributed by atoms with Crippen LogP contribution in [0.2, 0.25) is 0 Å². The number of nitrogens with zero attached hydrogens (tertiary/aromatic N) is 2. The van der Waals surface area contributed by atoms with Crippen LogP contribution in [0.1, 0.15) is 24.0 Å². The van der Waals surface area contributed by atoms with Gasteiger partial charge in [-0.2, -0.15) is 0 Å². The number of amides is 1. The van der Waals surface area contributed by atoms with E-state index in [0.717, 1.165) is 39.0 Å². The van der Waals surface area contributed by atoms with Crippen LogP contribution < -0.4 is 4.90 Å². The molecule has 1 saturated heterocycles. The number of rotatable bonds is 3. The maximum Gasteiger partial charge on any atom is 0.233 e. The van der Waals surface area contributed by atoms with Crippen molar-refractivity contribution >= 4 is 11.6 Å². The molecule has 1 amide bonds. The largest absolute Gasteiger partial charge is 0.368 e. The van der Waals surface area contributed by atoms with Crippen LogP contribution in [0.25, 0.3) is 0 Å². The Kier molecular flexibility index (Phi) is 3.79. The molecule has 0 atom stereocenters. The average Bonchev–Trinajstić information content (AvgIpc) is 3.44. The zero-order valence-electron chi connectivity index (χ0n) is 14.2. The van der Waals surface area contributed by atoms with Crippen LogP contribution in [-0.2, 0) is 10.2 Å². The van der Waals surface area contributed by atoms with Crippen LogP contribution in [0.4, 0.5) is 5.69 Å². The van der Waals surface area contributed by atoms with E-state index >= 15 is 0 Å². The highest BCUT2D eigenvalue weighted by molar-refractivity contribution is 5.91. The van der Waals surface area contributed by atoms with Gasteiger partial charge in [-0.25, -0.2) is 0 Å². The van der Waals surface area contributed by atoms with Crippen molar-refractivity contribution in [3.63, 3.8) is 0 Å². The van der Waals surface area contributed by atoms with Gasteiger partial charge in [-0.1, -0.05) is 48.5 Å². The van der Waals surface area contributed by atoms with E-state index in [0.29, 0.717) is 5.91 Å². The van der Waals surface area contributed by atoms with Crippen molar-refractivity contribution in [2.45, 2.75) is 25.2 Å². The smallest absolute Gasteiger partial charge is 0.233 e. The lowest BCUT2D eigenvalue weighted by Gasteiger charge is -2.38. The van der Waals surface area contributed by atoms with Crippen molar-refractivity contribution in [3.8, 4) is 0 Å². The van der Waals surface area contributed by atoms with E-state index < -0.39 is 0 Å². The lowest BCUT2D eigenvalue weighted by atomic mass is 9.94. The molecule has 24 heavy (non-hydrogen) atoms. The third-order valence-electron chi connectivity index (χ3n) is 5.51. The molecule has 0 radical (unpaired) electrons. The number of aryl methyl sites for hydroxylation is 1. The highest BCUT2D eigenvalue weighted by Gasteiger charge is 2.53. The van der Waals surface area contributed by atoms with Gasteiger partial charge in [-0.05, 0) is 37.0 Å². The topological polar surface area (TPSA) is 23.6 Å². The Hall–Kier alpha value is -2.29. The number of anilines is 1. The molecule has 2 fully saturated rings. The van der Waals surface area contributed by atoms with E-state index in [2.05, 4.69) is 53.1 Å². The van der Waals surface area contributed by atoms with E-state index in [-0.39, 0.29) is 5.41 Å². The van der Waals surface area contributed by atoms with Crippen molar-refractivity contribution in [1.82, 2.24) is 4.90 Å². The molecule has 2 aromatic carbocycles. The summed E-state index contributed by atoms with van der Waals surface area (Å²) in [5.41, 5.74) is 3.57. The van der Waals surface area contributed by atoms with Crippen molar-refractivity contribution in [2.24, 2.45) is 0 Å². The zero-order valence-corrected chi connectivity index (χ0v) is 14.2. The predicted molar refractivity (Wildman–Crippen MR) is 97.3 cm³/mol. The molecular weight excluding hydrogens is 296 g/mol. The van der Waals surface area contributed by atoms with Crippen molar-refractivity contribution in [1.29, 1.82) is 0 Å². The number of benzene rings is 2. The van der Waals surface area contributed by atoms with Crippen LogP contribution in [0.3, 0.4) is 0 Å². The van der Waals surface area contributed by atoms with E-state index in [4.69, 9.17) is 0 Å². The summed E-state index contributed by atoms with van der Waals surface area (Å²) in [7, 11) is 0. The van der Waals surface area contributed by atoms with E-state index in [1.807, 2.05) is 18.2 Å². The molecule has 0 unspecified atom stereocenters. The van der Waals surface area contributed by atoms with Crippen LogP contribution in [0, 0.1) is 6.92 Å². The molecule has 0 aromatic heterocycles. The normalized spacial score (nSPS) is 19.2. The second-order valence-electron chi connectivity index (χ2n) is 7.01. The summed E-state index contributed by atoms with van der Waals surface area (Å²) in [5.74, 6) is 0.332. The minimum absolute atomic E-state index is 0.230. The molecule has 1 saturated carbocycles. The standard InChI is InChI=1S/C21H24N2O/c1-17-7-5-6-10-19(17)22-13-15-23(16-14-22)20(24)21(11-12-21)18-8-3-2-4-9-18/h2-10H,11-16H2,1H3. The maximum atomic E-state index is 13.1. The van der Waals surface area contributed by atoms with Gasteiger partial charge in [0.1, 0.15) is 0 Å². The number of carbonyl (C=O) groups is 1. The Bertz CT molecular complexity index is 729. The van der Waals surface area contributed by atoms with Crippen molar-refractivity contribution < 1.29 is 4.79 Å². The molecule has 3 heteroatoms. The minimum atomic E-state index is -0.230. The second kappa shape index (κ2) is 5.97. The highest BCUT2D eigenvalue weighted by Crippen LogP contribution is 2.49. The van der Waals surface area contributed by atoms with Crippen LogP contribution in [-0.4, -0.2) is 37.0 Å². The molecule has 0 N–H and O–H groups in total. The summed E-state index contributed by atoms with van der Waals surface area (Å²) in [6.07, 6.45) is 1.99. The first-order valence-corrected chi connectivity index (χ1v) is 8.86. The number of carbonyl (C=O) groups excluding carboxylic acids is 1. The summed E-state index contributed by atoms with van der Waals surface area (Å²) in [6.45, 7) is 5.63. The molecule has 1 heterocycles. The minimum Gasteiger partial charge on any atom is -0.368 e. The van der Waals surface area contributed by atoms with E-state index in [9.17, 15) is 4.79 Å². The molecule has 0 spiro atoms. The van der Waals surface area contributed by atoms with Gasteiger partial charge in [0.05, 0.1) is 5.41 Å². The fraction of sp³-hybridized carbons (Fsp3) is 0.381. The lowest BCUT2D eigenvalue weighted by molar-refractivity contribution is -0.134. The van der Waals surface area contributed by atoms with Gasteiger partial charge in [-0.15, -0.1) is 0 Å². The van der Waals surface area contributed by atoms with Gasteiger partial charge in [0, 0.05) is 31.9 Å². The summed E-state index contributed by atoms with van der Waals surface area (Å²) in [4.78, 5) is 17.6. The quantitative estimate of drug-likeness (QED) is 0.865. The Morgan fingerprint density at radius 1 is 0.875 bits per heavy atom. The summed E-state index contributed by atoms with van der Waals surface area (Å²) < 4.78 is 0. The number of para-hydroxylation sites is 1. The SMILES string of the molecule is Cc1ccccc1N1CCN(C(=O)C2(c3ccccc3)CC2)CC1. The van der Waals surface area contributed by atoms with Crippen LogP contribution in [0.5, 0.6) is 0 Å². The molecule has 2 aliphatic rings. The molecule has 2 aromatic rings. The van der Waals surface area contributed by atoms with E-state index in [1.54, 1.807) is 0 Å². The Morgan fingerprint density at radius 3 is 2.12 bits per heavy atom. The van der Waals surface area contributed by atoms with E-state index in [1.165, 1.54) is 16.8 Å². The number of piperazine rings is 1. The zero-order chi connectivity index (χ0) is 16.6. The summed E-state index contributed by atoms with van der Waals surface area (Å²) in [6, 6.07) is 18.8. The van der Waals surface area contributed by atoms with Gasteiger partial charge in [0.15, 0.2) is 0 Å². The molecule has 4 rings (SSSR count). The predicted octanol–water partition coefficient (Wildman–Crippen LogP) is 3.38. The number of hydrogen-bond acceptors (Lipinski definition) is 2. The molecular formula is C21H24N2O. The fourth-order valence-electron chi connectivity index (χ4n) is 3.88. The van der Waals surface area contributed by atoms with Crippen molar-refractivity contribution in [3.05, 3.63) is 65.7 Å². The first-order chi connectivity index (χ1) is 11.7. The van der Waals surface area contributed by atoms with Crippen LogP contribution >= 0.6 is 0 Å². The summed E-state index contributed by atoms with van der Waals surface area (Å²) in [5, 5.41) is 0. The molecule has 1 aliphatic carbocycles. The maximum absolute atomic E-state index is 13.1. The Labute approximate surface area is 143 Å². The van der Waals surface area contributed by atoms with Gasteiger partial charge in [0.25, 0.3) is 0 Å². The molecule has 3 nitrogen and oxygen atoms in total. The summed E-state index contributed by atoms with van der Waals surface area (Å²) >= 11 is 0. The second-order valence-corrected chi connectivity index (χ2v) is 7.01. The molecule has 0 bridgehead atoms. The van der Waals surface area contributed by atoms with Gasteiger partial charge >= 0.3 is 0 Å². The Morgan fingerprint density at radius 2 is 1.50 bits per heavy atom. The first-order valence-electron chi connectivity index (χ1n) is 8.86. The average molecular weight is 320 g/mol. The molecule has 1 aliphatic heterocycles. The third kappa shape index (κ3) is 2.58. The highest BCUT2D eigenvalue weighted by atomic mass is 16.2.